The summed E-state index contributed by atoms with van der Waals surface area (Å²) in [6, 6.07) is 8.78. The predicted octanol–water partition coefficient (Wildman–Crippen LogP) is 5.56. The molecule has 0 bridgehead atoms. The van der Waals surface area contributed by atoms with E-state index in [-0.39, 0.29) is 16.1 Å². The van der Waals surface area contributed by atoms with Crippen molar-refractivity contribution < 1.29 is 9.21 Å². The molecule has 1 aliphatic heterocycles. The third-order valence-corrected chi connectivity index (χ3v) is 6.35. The first-order valence-electron chi connectivity index (χ1n) is 9.37. The number of carbonyl (C=O) groups is 1. The number of nitrogens with one attached hydrogen (secondary N) is 3. The molecule has 0 radical (unpaired) electrons. The van der Waals surface area contributed by atoms with Gasteiger partial charge in [-0.25, -0.2) is 0 Å². The largest absolute Gasteiger partial charge is 0.460 e. The number of aromatic amines is 2. The quantitative estimate of drug-likeness (QED) is 0.436. The minimum atomic E-state index is -0.629. The molecule has 0 amide bonds. The zero-order chi connectivity index (χ0) is 21.0. The molecular weight excluding hydrogens is 445 g/mol. The monoisotopic (exact) mass is 459 g/mol. The summed E-state index contributed by atoms with van der Waals surface area (Å²) in [4.78, 5) is 31.3. The second kappa shape index (κ2) is 7.27. The summed E-state index contributed by atoms with van der Waals surface area (Å²) in [5, 5.41) is 4.07. The molecule has 1 unspecified atom stereocenters. The van der Waals surface area contributed by atoms with Crippen molar-refractivity contribution >= 4 is 47.0 Å². The highest BCUT2D eigenvalue weighted by Gasteiger charge is 2.39. The van der Waals surface area contributed by atoms with Gasteiger partial charge in [0.05, 0.1) is 21.5 Å². The number of benzene rings is 1. The van der Waals surface area contributed by atoms with Crippen LogP contribution in [0.15, 0.2) is 50.8 Å². The van der Waals surface area contributed by atoms with Crippen LogP contribution in [0.2, 0.25) is 10.0 Å². The first kappa shape index (κ1) is 19.4. The van der Waals surface area contributed by atoms with Crippen LogP contribution in [0, 0.1) is 4.77 Å². The topological polar surface area (TPSA) is 90.9 Å². The molecule has 1 aromatic carbocycles. The van der Waals surface area contributed by atoms with Crippen LogP contribution in [0.25, 0.3) is 11.3 Å². The van der Waals surface area contributed by atoms with Gasteiger partial charge in [-0.1, -0.05) is 23.2 Å². The molecule has 30 heavy (non-hydrogen) atoms. The van der Waals surface area contributed by atoms with Crippen LogP contribution in [-0.2, 0) is 4.79 Å². The average molecular weight is 460 g/mol. The molecule has 9 heteroatoms. The summed E-state index contributed by atoms with van der Waals surface area (Å²) in [7, 11) is 0. The Balaban J connectivity index is 1.69. The van der Waals surface area contributed by atoms with Crippen LogP contribution in [0.1, 0.15) is 36.5 Å². The number of anilines is 1. The lowest BCUT2D eigenvalue weighted by atomic mass is 9.79. The van der Waals surface area contributed by atoms with E-state index in [0.717, 1.165) is 17.7 Å². The van der Waals surface area contributed by atoms with Gasteiger partial charge < -0.3 is 14.7 Å². The number of halogens is 2. The number of Topliss-reactive ketones (excluding diaryl/α,β-unsaturated/α-hetero) is 1. The number of rotatable bonds is 2. The summed E-state index contributed by atoms with van der Waals surface area (Å²) in [6.45, 7) is 0. The molecule has 0 saturated carbocycles. The average Bonchev–Trinajstić information content (AvgIpc) is 3.18. The highest BCUT2D eigenvalue weighted by Crippen LogP contribution is 2.44. The molecule has 0 spiro atoms. The SMILES string of the molecule is O=C1CCCC2=C1C(c1ccc(-c3ccc(Cl)c(Cl)c3)o1)c1c([nH]c(=S)[nH]c1=O)N2. The zero-order valence-corrected chi connectivity index (χ0v) is 17.8. The van der Waals surface area contributed by atoms with Gasteiger partial charge in [0.15, 0.2) is 10.6 Å². The third-order valence-electron chi connectivity index (χ3n) is 5.40. The van der Waals surface area contributed by atoms with Crippen molar-refractivity contribution in [1.29, 1.82) is 0 Å². The number of aromatic nitrogens is 2. The molecule has 3 N–H and O–H groups in total. The van der Waals surface area contributed by atoms with E-state index in [0.29, 0.717) is 51.4 Å². The molecular formula is C21H15Cl2N3O3S. The highest BCUT2D eigenvalue weighted by atomic mass is 35.5. The van der Waals surface area contributed by atoms with E-state index < -0.39 is 5.92 Å². The number of H-pyrrole nitrogens is 2. The van der Waals surface area contributed by atoms with Crippen LogP contribution in [0.5, 0.6) is 0 Å². The van der Waals surface area contributed by atoms with Crippen LogP contribution in [-0.4, -0.2) is 15.8 Å². The molecule has 3 aromatic rings. The Kier molecular flexibility index (Phi) is 4.69. The standard InChI is InChI=1S/C21H15Cl2N3O3S/c22-10-5-4-9(8-11(10)23)14-6-7-15(29-14)17-16-12(2-1-3-13(16)27)24-19-18(17)20(28)26-21(30)25-19/h4-8,17H,1-3H2,(H3,24,25,26,28,30). The smallest absolute Gasteiger partial charge is 0.258 e. The Bertz CT molecular complexity index is 1350. The van der Waals surface area contributed by atoms with Crippen LogP contribution < -0.4 is 10.9 Å². The molecule has 0 fully saturated rings. The van der Waals surface area contributed by atoms with Gasteiger partial charge in [0.25, 0.3) is 5.56 Å². The fourth-order valence-corrected chi connectivity index (χ4v) is 4.58. The van der Waals surface area contributed by atoms with Crippen molar-refractivity contribution in [3.63, 3.8) is 0 Å². The lowest BCUT2D eigenvalue weighted by molar-refractivity contribution is -0.116. The Morgan fingerprint density at radius 3 is 2.67 bits per heavy atom. The maximum absolute atomic E-state index is 12.8. The van der Waals surface area contributed by atoms with E-state index in [1.54, 1.807) is 30.3 Å². The summed E-state index contributed by atoms with van der Waals surface area (Å²) in [5.74, 6) is 0.937. The molecule has 2 aliphatic rings. The van der Waals surface area contributed by atoms with Gasteiger partial charge >= 0.3 is 0 Å². The van der Waals surface area contributed by atoms with Crippen molar-refractivity contribution in [3.05, 3.63) is 78.1 Å². The van der Waals surface area contributed by atoms with E-state index >= 15 is 0 Å². The Morgan fingerprint density at radius 1 is 1.03 bits per heavy atom. The number of furan rings is 1. The van der Waals surface area contributed by atoms with E-state index in [4.69, 9.17) is 39.8 Å². The lowest BCUT2D eigenvalue weighted by Gasteiger charge is -2.31. The van der Waals surface area contributed by atoms with E-state index in [1.807, 2.05) is 0 Å². The third kappa shape index (κ3) is 3.14. The predicted molar refractivity (Wildman–Crippen MR) is 118 cm³/mol. The Labute approximate surface area is 185 Å². The van der Waals surface area contributed by atoms with E-state index in [1.165, 1.54) is 0 Å². The van der Waals surface area contributed by atoms with Crippen molar-refractivity contribution in [2.45, 2.75) is 25.2 Å². The van der Waals surface area contributed by atoms with Crippen LogP contribution >= 0.6 is 35.4 Å². The summed E-state index contributed by atoms with van der Waals surface area (Å²) >= 11 is 17.3. The molecule has 2 aromatic heterocycles. The first-order chi connectivity index (χ1) is 14.4. The summed E-state index contributed by atoms with van der Waals surface area (Å²) in [6.07, 6.45) is 1.90. The number of ketones is 1. The number of hydrogen-bond acceptors (Lipinski definition) is 5. The summed E-state index contributed by atoms with van der Waals surface area (Å²) in [5.41, 5.74) is 2.14. The zero-order valence-electron chi connectivity index (χ0n) is 15.5. The molecule has 5 rings (SSSR count). The van der Waals surface area contributed by atoms with Gasteiger partial charge in [0, 0.05) is 23.3 Å². The lowest BCUT2D eigenvalue weighted by Crippen LogP contribution is -2.32. The van der Waals surface area contributed by atoms with Crippen molar-refractivity contribution in [1.82, 2.24) is 9.97 Å². The van der Waals surface area contributed by atoms with Crippen molar-refractivity contribution in [2.75, 3.05) is 5.32 Å². The Morgan fingerprint density at radius 2 is 1.87 bits per heavy atom. The minimum absolute atomic E-state index is 0.00809. The molecule has 6 nitrogen and oxygen atoms in total. The first-order valence-corrected chi connectivity index (χ1v) is 10.5. The molecule has 0 saturated heterocycles. The van der Waals surface area contributed by atoms with Crippen LogP contribution in [0.4, 0.5) is 5.82 Å². The normalized spacial score (nSPS) is 18.1. The Hall–Kier alpha value is -2.61. The van der Waals surface area contributed by atoms with Gasteiger partial charge in [0.1, 0.15) is 17.3 Å². The molecule has 1 aliphatic carbocycles. The molecule has 1 atom stereocenters. The fourth-order valence-electron chi connectivity index (χ4n) is 4.09. The maximum atomic E-state index is 12.8. The van der Waals surface area contributed by atoms with Gasteiger partial charge in [-0.3, -0.25) is 14.6 Å². The highest BCUT2D eigenvalue weighted by molar-refractivity contribution is 7.71. The molecule has 152 valence electrons. The van der Waals surface area contributed by atoms with Gasteiger partial charge in [0.2, 0.25) is 0 Å². The number of fused-ring (bicyclic) bond motifs is 1. The van der Waals surface area contributed by atoms with Gasteiger partial charge in [-0.05, 0) is 55.4 Å². The maximum Gasteiger partial charge on any atom is 0.258 e. The number of carbonyl (C=O) groups excluding carboxylic acids is 1. The van der Waals surface area contributed by atoms with Crippen LogP contribution in [0.3, 0.4) is 0 Å². The van der Waals surface area contributed by atoms with Gasteiger partial charge in [-0.15, -0.1) is 0 Å². The van der Waals surface area contributed by atoms with E-state index in [2.05, 4.69) is 15.3 Å². The van der Waals surface area contributed by atoms with Crippen molar-refractivity contribution in [2.24, 2.45) is 0 Å². The number of hydrogen-bond donors (Lipinski definition) is 3. The minimum Gasteiger partial charge on any atom is -0.460 e. The molecule has 3 heterocycles. The second-order valence-corrected chi connectivity index (χ2v) is 8.48. The van der Waals surface area contributed by atoms with E-state index in [9.17, 15) is 9.59 Å². The fraction of sp³-hybridized carbons (Fsp3) is 0.190. The number of allylic oxidation sites excluding steroid dienone is 2. The van der Waals surface area contributed by atoms with Crippen molar-refractivity contribution in [3.8, 4) is 11.3 Å². The van der Waals surface area contributed by atoms with Gasteiger partial charge in [-0.2, -0.15) is 0 Å². The summed E-state index contributed by atoms with van der Waals surface area (Å²) < 4.78 is 6.35. The second-order valence-electron chi connectivity index (χ2n) is 7.25.